The normalized spacial score (nSPS) is 13.2. The molecule has 2 heteroatoms. The first-order chi connectivity index (χ1) is 5.85. The summed E-state index contributed by atoms with van der Waals surface area (Å²) >= 11 is 0. The van der Waals surface area contributed by atoms with Gasteiger partial charge in [0.05, 0.1) is 0 Å². The van der Waals surface area contributed by atoms with E-state index in [1.807, 2.05) is 7.11 Å². The third kappa shape index (κ3) is 6.86. The average Bonchev–Trinajstić information content (AvgIpc) is 2.11. The van der Waals surface area contributed by atoms with Crippen molar-refractivity contribution in [2.45, 2.75) is 58.0 Å². The highest BCUT2D eigenvalue weighted by molar-refractivity contribution is 6.51. The van der Waals surface area contributed by atoms with Crippen LogP contribution >= 0.6 is 0 Å². The van der Waals surface area contributed by atoms with E-state index in [1.165, 1.54) is 44.2 Å². The number of rotatable bonds is 8. The highest BCUT2D eigenvalue weighted by Gasteiger charge is 2.07. The van der Waals surface area contributed by atoms with Gasteiger partial charge in [-0.1, -0.05) is 46.0 Å². The Balaban J connectivity index is 3.26. The van der Waals surface area contributed by atoms with Gasteiger partial charge in [-0.15, -0.1) is 0 Å². The summed E-state index contributed by atoms with van der Waals surface area (Å²) in [6.07, 6.45) is 6.81. The summed E-state index contributed by atoms with van der Waals surface area (Å²) in [5.74, 6) is 0. The molecule has 1 atom stereocenters. The molecule has 0 aromatic carbocycles. The Kier molecular flexibility index (Phi) is 9.40. The Morgan fingerprint density at radius 3 is 2.00 bits per heavy atom. The monoisotopic (exact) mass is 188 g/mol. The molecule has 12 heavy (non-hydrogen) atoms. The van der Waals surface area contributed by atoms with E-state index in [2.05, 4.69) is 13.8 Å². The maximum absolute atomic E-state index is 5.54. The Hall–Kier alpha value is 0.177. The fraction of sp³-hybridized carbons (Fsp3) is 1.00. The van der Waals surface area contributed by atoms with Gasteiger partial charge >= 0.3 is 0 Å². The molecule has 0 heterocycles. The molecular weight excluding hydrogens is 164 g/mol. The van der Waals surface area contributed by atoms with Gasteiger partial charge in [0, 0.05) is 7.11 Å². The highest BCUT2D eigenvalue weighted by Crippen LogP contribution is 2.10. The Bertz CT molecular complexity index is 85.9. The molecule has 0 bridgehead atoms. The van der Waals surface area contributed by atoms with Gasteiger partial charge in [-0.25, -0.2) is 0 Å². The summed E-state index contributed by atoms with van der Waals surface area (Å²) in [7, 11) is 1.14. The van der Waals surface area contributed by atoms with Crippen LogP contribution in [0.5, 0.6) is 0 Å². The molecule has 0 aromatic heterocycles. The molecule has 0 radical (unpaired) electrons. The first-order valence-electron chi connectivity index (χ1n) is 5.37. The van der Waals surface area contributed by atoms with E-state index in [0.29, 0.717) is 0 Å². The van der Waals surface area contributed by atoms with Gasteiger partial charge in [-0.05, 0) is 12.1 Å². The summed E-state index contributed by atoms with van der Waals surface area (Å²) in [5.41, 5.74) is 0. The molecule has 0 aliphatic rings. The lowest BCUT2D eigenvalue weighted by molar-refractivity contribution is 0.413. The van der Waals surface area contributed by atoms with E-state index in [1.54, 1.807) is 0 Å². The highest BCUT2D eigenvalue weighted by atomic mass is 28.3. The van der Waals surface area contributed by atoms with Crippen molar-refractivity contribution in [3.8, 4) is 0 Å². The van der Waals surface area contributed by atoms with Crippen molar-refractivity contribution in [2.75, 3.05) is 7.11 Å². The van der Waals surface area contributed by atoms with Gasteiger partial charge in [-0.2, -0.15) is 0 Å². The van der Waals surface area contributed by atoms with E-state index in [0.717, 1.165) is 0 Å². The molecule has 0 saturated heterocycles. The van der Waals surface area contributed by atoms with Crippen LogP contribution in [0.4, 0.5) is 0 Å². The van der Waals surface area contributed by atoms with E-state index in [9.17, 15) is 0 Å². The van der Waals surface area contributed by atoms with Crippen LogP contribution in [0.1, 0.15) is 46.0 Å². The van der Waals surface area contributed by atoms with Crippen molar-refractivity contribution < 1.29 is 4.43 Å². The van der Waals surface area contributed by atoms with Crippen LogP contribution in [0.25, 0.3) is 0 Å². The summed E-state index contributed by atoms with van der Waals surface area (Å²) in [6, 6.07) is 2.78. The lowest BCUT2D eigenvalue weighted by Crippen LogP contribution is -2.14. The third-order valence-electron chi connectivity index (χ3n) is 2.34. The molecule has 0 aliphatic carbocycles. The molecule has 0 aromatic rings. The minimum Gasteiger partial charge on any atom is -0.423 e. The SMILES string of the molecule is CCCCC[SiH](CCCC)OC. The molecule has 74 valence electrons. The first-order valence-corrected chi connectivity index (χ1v) is 7.48. The van der Waals surface area contributed by atoms with E-state index < -0.39 is 9.04 Å². The van der Waals surface area contributed by atoms with Crippen LogP contribution in [-0.4, -0.2) is 16.2 Å². The fourth-order valence-electron chi connectivity index (χ4n) is 1.43. The van der Waals surface area contributed by atoms with Crippen LogP contribution in [-0.2, 0) is 4.43 Å². The Morgan fingerprint density at radius 1 is 0.917 bits per heavy atom. The van der Waals surface area contributed by atoms with E-state index in [-0.39, 0.29) is 0 Å². The molecular formula is C10H24OSi. The van der Waals surface area contributed by atoms with Crippen LogP contribution in [0.3, 0.4) is 0 Å². The number of hydrogen-bond acceptors (Lipinski definition) is 1. The van der Waals surface area contributed by atoms with Gasteiger partial charge in [-0.3, -0.25) is 0 Å². The molecule has 0 amide bonds. The molecule has 1 nitrogen and oxygen atoms in total. The first kappa shape index (κ1) is 12.2. The summed E-state index contributed by atoms with van der Waals surface area (Å²) in [5, 5.41) is 0. The Morgan fingerprint density at radius 2 is 1.50 bits per heavy atom. The topological polar surface area (TPSA) is 9.23 Å². The van der Waals surface area contributed by atoms with E-state index >= 15 is 0 Å². The summed E-state index contributed by atoms with van der Waals surface area (Å²) in [4.78, 5) is 0. The summed E-state index contributed by atoms with van der Waals surface area (Å²) in [6.45, 7) is 4.52. The smallest absolute Gasteiger partial charge is 0.176 e. The van der Waals surface area contributed by atoms with Crippen molar-refractivity contribution in [1.29, 1.82) is 0 Å². The molecule has 1 unspecified atom stereocenters. The van der Waals surface area contributed by atoms with E-state index in [4.69, 9.17) is 4.43 Å². The van der Waals surface area contributed by atoms with Crippen LogP contribution < -0.4 is 0 Å². The van der Waals surface area contributed by atoms with Crippen molar-refractivity contribution in [3.63, 3.8) is 0 Å². The molecule has 0 saturated carbocycles. The quantitative estimate of drug-likeness (QED) is 0.419. The van der Waals surface area contributed by atoms with Crippen LogP contribution in [0.15, 0.2) is 0 Å². The lowest BCUT2D eigenvalue weighted by atomic mass is 10.3. The third-order valence-corrected chi connectivity index (χ3v) is 5.11. The largest absolute Gasteiger partial charge is 0.423 e. The predicted molar refractivity (Wildman–Crippen MR) is 58.2 cm³/mol. The molecule has 0 rings (SSSR count). The second-order valence-corrected chi connectivity index (χ2v) is 6.37. The van der Waals surface area contributed by atoms with Crippen molar-refractivity contribution >= 4 is 9.04 Å². The predicted octanol–water partition coefficient (Wildman–Crippen LogP) is 3.35. The van der Waals surface area contributed by atoms with Crippen molar-refractivity contribution in [3.05, 3.63) is 0 Å². The molecule has 0 aliphatic heterocycles. The molecule has 0 spiro atoms. The van der Waals surface area contributed by atoms with Crippen LogP contribution in [0.2, 0.25) is 12.1 Å². The second kappa shape index (κ2) is 9.27. The zero-order chi connectivity index (χ0) is 9.23. The minimum atomic E-state index is -0.762. The van der Waals surface area contributed by atoms with Gasteiger partial charge < -0.3 is 4.43 Å². The summed E-state index contributed by atoms with van der Waals surface area (Å²) < 4.78 is 5.54. The zero-order valence-corrected chi connectivity index (χ0v) is 10.1. The lowest BCUT2D eigenvalue weighted by Gasteiger charge is -2.11. The number of unbranched alkanes of at least 4 members (excludes halogenated alkanes) is 3. The van der Waals surface area contributed by atoms with Crippen molar-refractivity contribution in [1.82, 2.24) is 0 Å². The fourth-order valence-corrected chi connectivity index (χ4v) is 3.80. The molecule has 0 N–H and O–H groups in total. The molecule has 0 fully saturated rings. The second-order valence-electron chi connectivity index (χ2n) is 3.50. The van der Waals surface area contributed by atoms with Crippen LogP contribution in [0, 0.1) is 0 Å². The van der Waals surface area contributed by atoms with Gasteiger partial charge in [0.25, 0.3) is 0 Å². The van der Waals surface area contributed by atoms with Crippen molar-refractivity contribution in [2.24, 2.45) is 0 Å². The van der Waals surface area contributed by atoms with Gasteiger partial charge in [0.2, 0.25) is 0 Å². The zero-order valence-electron chi connectivity index (χ0n) is 8.94. The minimum absolute atomic E-state index is 0.762. The number of hydrogen-bond donors (Lipinski definition) is 0. The standard InChI is InChI=1S/C10H24OSi/c1-4-6-8-10-12(11-3)9-7-5-2/h12H,4-10H2,1-3H3. The maximum Gasteiger partial charge on any atom is 0.176 e. The van der Waals surface area contributed by atoms with Gasteiger partial charge in [0.1, 0.15) is 0 Å². The Labute approximate surface area is 79.2 Å². The average molecular weight is 188 g/mol. The van der Waals surface area contributed by atoms with Gasteiger partial charge in [0.15, 0.2) is 9.04 Å². The maximum atomic E-state index is 5.54.